The lowest BCUT2D eigenvalue weighted by Gasteiger charge is -2.15. The fourth-order valence-electron chi connectivity index (χ4n) is 1.71. The molecule has 1 rings (SSSR count). The molecule has 0 fully saturated rings. The van der Waals surface area contributed by atoms with Crippen molar-refractivity contribution in [1.82, 2.24) is 10.6 Å². The van der Waals surface area contributed by atoms with E-state index in [1.807, 2.05) is 19.1 Å². The molecule has 23 heavy (non-hydrogen) atoms. The van der Waals surface area contributed by atoms with E-state index >= 15 is 0 Å². The van der Waals surface area contributed by atoms with Crippen LogP contribution in [0.25, 0.3) is 0 Å². The van der Waals surface area contributed by atoms with Gasteiger partial charge in [0.25, 0.3) is 5.91 Å². The molecule has 2 N–H and O–H groups in total. The molecule has 0 aliphatic carbocycles. The number of amides is 3. The zero-order chi connectivity index (χ0) is 17.4. The summed E-state index contributed by atoms with van der Waals surface area (Å²) >= 11 is 1.52. The Balaban J connectivity index is 2.66. The van der Waals surface area contributed by atoms with Gasteiger partial charge < -0.3 is 10.1 Å². The van der Waals surface area contributed by atoms with Gasteiger partial charge >= 0.3 is 12.0 Å². The minimum Gasteiger partial charge on any atom is -0.449 e. The van der Waals surface area contributed by atoms with Crippen LogP contribution in [0.2, 0.25) is 0 Å². The number of nitrogens with one attached hydrogen (secondary N) is 2. The monoisotopic (exact) mass is 338 g/mol. The van der Waals surface area contributed by atoms with Gasteiger partial charge in [-0.1, -0.05) is 19.1 Å². The van der Waals surface area contributed by atoms with Crippen LogP contribution in [-0.2, 0) is 9.53 Å². The van der Waals surface area contributed by atoms with E-state index in [1.54, 1.807) is 26.0 Å². The van der Waals surface area contributed by atoms with Crippen molar-refractivity contribution in [3.8, 4) is 0 Å². The van der Waals surface area contributed by atoms with Gasteiger partial charge in [0.1, 0.15) is 0 Å². The molecule has 0 saturated heterocycles. The molecular weight excluding hydrogens is 316 g/mol. The smallest absolute Gasteiger partial charge is 0.340 e. The summed E-state index contributed by atoms with van der Waals surface area (Å²) in [6.45, 7) is 6.95. The summed E-state index contributed by atoms with van der Waals surface area (Å²) in [7, 11) is 0. The highest BCUT2D eigenvalue weighted by Gasteiger charge is 2.22. The molecule has 1 aromatic carbocycles. The topological polar surface area (TPSA) is 84.5 Å². The maximum Gasteiger partial charge on any atom is 0.340 e. The highest BCUT2D eigenvalue weighted by molar-refractivity contribution is 7.99. The van der Waals surface area contributed by atoms with Crippen LogP contribution in [0.3, 0.4) is 0 Å². The van der Waals surface area contributed by atoms with E-state index in [4.69, 9.17) is 4.74 Å². The molecule has 0 unspecified atom stereocenters. The first-order valence-electron chi connectivity index (χ1n) is 7.39. The van der Waals surface area contributed by atoms with Crippen LogP contribution in [0.1, 0.15) is 38.1 Å². The second-order valence-electron chi connectivity index (χ2n) is 5.09. The van der Waals surface area contributed by atoms with Crippen molar-refractivity contribution in [2.45, 2.75) is 44.7 Å². The van der Waals surface area contributed by atoms with E-state index in [-0.39, 0.29) is 6.04 Å². The van der Waals surface area contributed by atoms with Gasteiger partial charge in [-0.05, 0) is 38.7 Å². The van der Waals surface area contributed by atoms with E-state index in [2.05, 4.69) is 10.6 Å². The van der Waals surface area contributed by atoms with Crippen LogP contribution in [0.5, 0.6) is 0 Å². The third-order valence-corrected chi connectivity index (χ3v) is 3.67. The van der Waals surface area contributed by atoms with Crippen molar-refractivity contribution >= 4 is 29.7 Å². The van der Waals surface area contributed by atoms with Gasteiger partial charge in [0.2, 0.25) is 0 Å². The predicted molar refractivity (Wildman–Crippen MR) is 89.5 cm³/mol. The second kappa shape index (κ2) is 9.19. The zero-order valence-corrected chi connectivity index (χ0v) is 14.5. The number of thioether (sulfide) groups is 1. The largest absolute Gasteiger partial charge is 0.449 e. The fraction of sp³-hybridized carbons (Fsp3) is 0.438. The molecule has 1 aromatic rings. The van der Waals surface area contributed by atoms with Gasteiger partial charge in [-0.3, -0.25) is 10.1 Å². The Kier molecular flexibility index (Phi) is 7.61. The maximum absolute atomic E-state index is 12.2. The molecule has 0 bridgehead atoms. The van der Waals surface area contributed by atoms with Crippen LogP contribution >= 0.6 is 11.8 Å². The first-order valence-corrected chi connectivity index (χ1v) is 8.37. The van der Waals surface area contributed by atoms with Crippen LogP contribution in [0.4, 0.5) is 4.79 Å². The highest BCUT2D eigenvalue weighted by atomic mass is 32.2. The molecule has 0 spiro atoms. The summed E-state index contributed by atoms with van der Waals surface area (Å²) in [4.78, 5) is 36.3. The van der Waals surface area contributed by atoms with E-state index < -0.39 is 24.0 Å². The van der Waals surface area contributed by atoms with Crippen LogP contribution < -0.4 is 10.6 Å². The molecule has 0 radical (unpaired) electrons. The minimum atomic E-state index is -1.07. The Morgan fingerprint density at radius 3 is 2.43 bits per heavy atom. The minimum absolute atomic E-state index is 0.0985. The normalized spacial score (nSPS) is 11.7. The van der Waals surface area contributed by atoms with Gasteiger partial charge in [-0.25, -0.2) is 9.59 Å². The Labute approximate surface area is 140 Å². The molecule has 7 heteroatoms. The van der Waals surface area contributed by atoms with Gasteiger partial charge in [0.05, 0.1) is 5.56 Å². The van der Waals surface area contributed by atoms with Crippen molar-refractivity contribution in [2.75, 3.05) is 5.75 Å². The van der Waals surface area contributed by atoms with Crippen LogP contribution in [0.15, 0.2) is 29.2 Å². The third kappa shape index (κ3) is 6.32. The van der Waals surface area contributed by atoms with Crippen molar-refractivity contribution in [1.29, 1.82) is 0 Å². The van der Waals surface area contributed by atoms with E-state index in [1.165, 1.54) is 18.7 Å². The lowest BCUT2D eigenvalue weighted by Crippen LogP contribution is -2.46. The Bertz CT molecular complexity index is 575. The van der Waals surface area contributed by atoms with Crippen molar-refractivity contribution in [2.24, 2.45) is 0 Å². The van der Waals surface area contributed by atoms with Gasteiger partial charge in [0, 0.05) is 10.9 Å². The lowest BCUT2D eigenvalue weighted by molar-refractivity contribution is -0.127. The third-order valence-electron chi connectivity index (χ3n) is 2.72. The van der Waals surface area contributed by atoms with E-state index in [0.29, 0.717) is 5.56 Å². The number of ether oxygens (including phenoxy) is 1. The van der Waals surface area contributed by atoms with Crippen molar-refractivity contribution < 1.29 is 19.1 Å². The number of urea groups is 1. The lowest BCUT2D eigenvalue weighted by atomic mass is 10.2. The standard InChI is InChI=1S/C16H22N2O4S/c1-5-23-13-9-7-6-8-12(13)15(20)22-11(4)14(19)18-16(21)17-10(2)3/h6-11H,5H2,1-4H3,(H2,17,18,19,21)/t11-/m1/s1. The van der Waals surface area contributed by atoms with E-state index in [9.17, 15) is 14.4 Å². The number of esters is 1. The first kappa shape index (κ1) is 19.0. The summed E-state index contributed by atoms with van der Waals surface area (Å²) in [5, 5.41) is 4.66. The summed E-state index contributed by atoms with van der Waals surface area (Å²) in [5.74, 6) is -0.444. The van der Waals surface area contributed by atoms with Crippen molar-refractivity contribution in [3.05, 3.63) is 29.8 Å². The quantitative estimate of drug-likeness (QED) is 0.615. The average Bonchev–Trinajstić information content (AvgIpc) is 2.46. The molecule has 0 aromatic heterocycles. The summed E-state index contributed by atoms with van der Waals surface area (Å²) in [6, 6.07) is 6.33. The number of carbonyl (C=O) groups is 3. The number of hydrogen-bond donors (Lipinski definition) is 2. The molecule has 0 saturated carbocycles. The van der Waals surface area contributed by atoms with Crippen molar-refractivity contribution in [3.63, 3.8) is 0 Å². The predicted octanol–water partition coefficient (Wildman–Crippen LogP) is 2.58. The molecule has 1 atom stereocenters. The van der Waals surface area contributed by atoms with E-state index in [0.717, 1.165) is 10.6 Å². The summed E-state index contributed by atoms with van der Waals surface area (Å²) in [5.41, 5.74) is 0.408. The number of hydrogen-bond acceptors (Lipinski definition) is 5. The van der Waals surface area contributed by atoms with Crippen LogP contribution in [-0.4, -0.2) is 35.8 Å². The molecule has 6 nitrogen and oxygen atoms in total. The fourth-order valence-corrected chi connectivity index (χ4v) is 2.50. The summed E-state index contributed by atoms with van der Waals surface area (Å²) < 4.78 is 5.15. The average molecular weight is 338 g/mol. The molecule has 0 aliphatic rings. The Morgan fingerprint density at radius 1 is 1.17 bits per heavy atom. The maximum atomic E-state index is 12.2. The van der Waals surface area contributed by atoms with Crippen LogP contribution in [0, 0.1) is 0 Å². The molecular formula is C16H22N2O4S. The number of imide groups is 1. The molecule has 0 heterocycles. The molecule has 0 aliphatic heterocycles. The first-order chi connectivity index (χ1) is 10.8. The van der Waals surface area contributed by atoms with Gasteiger partial charge in [0.15, 0.2) is 6.10 Å². The second-order valence-corrected chi connectivity index (χ2v) is 6.40. The van der Waals surface area contributed by atoms with Gasteiger partial charge in [-0.15, -0.1) is 11.8 Å². The molecule has 3 amide bonds. The highest BCUT2D eigenvalue weighted by Crippen LogP contribution is 2.23. The number of benzene rings is 1. The number of carbonyl (C=O) groups excluding carboxylic acids is 3. The Morgan fingerprint density at radius 2 is 1.83 bits per heavy atom. The summed E-state index contributed by atoms with van der Waals surface area (Å²) in [6.07, 6.45) is -1.07. The molecule has 126 valence electrons. The SMILES string of the molecule is CCSc1ccccc1C(=O)O[C@H](C)C(=O)NC(=O)NC(C)C. The van der Waals surface area contributed by atoms with Gasteiger partial charge in [-0.2, -0.15) is 0 Å². The Hall–Kier alpha value is -2.02. The number of rotatable bonds is 6. The zero-order valence-electron chi connectivity index (χ0n) is 13.7.